The van der Waals surface area contributed by atoms with E-state index in [1.807, 2.05) is 19.2 Å². The molecule has 0 aliphatic carbocycles. The Kier molecular flexibility index (Phi) is 6.52. The quantitative estimate of drug-likeness (QED) is 0.645. The summed E-state index contributed by atoms with van der Waals surface area (Å²) in [5.74, 6) is 1.77. The van der Waals surface area contributed by atoms with Crippen molar-refractivity contribution in [2.45, 2.75) is 25.3 Å². The summed E-state index contributed by atoms with van der Waals surface area (Å²) in [6, 6.07) is 8.61. The van der Waals surface area contributed by atoms with Gasteiger partial charge in [-0.2, -0.15) is 0 Å². The summed E-state index contributed by atoms with van der Waals surface area (Å²) in [5.41, 5.74) is 1.24. The minimum absolute atomic E-state index is 0.293. The maximum Gasteiger partial charge on any atom is 0.190 e. The highest BCUT2D eigenvalue weighted by Gasteiger charge is 2.24. The van der Waals surface area contributed by atoms with Gasteiger partial charge in [-0.25, -0.2) is 0 Å². The molecule has 1 aliphatic heterocycles. The van der Waals surface area contributed by atoms with Crippen LogP contribution < -0.4 is 15.4 Å². The van der Waals surface area contributed by atoms with Gasteiger partial charge >= 0.3 is 0 Å². The van der Waals surface area contributed by atoms with Gasteiger partial charge < -0.3 is 15.4 Å². The minimum Gasteiger partial charge on any atom is -0.496 e. The summed E-state index contributed by atoms with van der Waals surface area (Å²) in [6.45, 7) is 3.10. The summed E-state index contributed by atoms with van der Waals surface area (Å²) < 4.78 is 5.58. The first-order valence-corrected chi connectivity index (χ1v) is 8.05. The molecule has 0 aromatic heterocycles. The normalized spacial score (nSPS) is 17.9. The predicted molar refractivity (Wildman–Crippen MR) is 91.6 cm³/mol. The van der Waals surface area contributed by atoms with Crippen LogP contribution in [0.1, 0.15) is 30.9 Å². The zero-order valence-corrected chi connectivity index (χ0v) is 13.9. The molecule has 1 aromatic rings. The molecule has 1 aromatic carbocycles. The van der Waals surface area contributed by atoms with Crippen LogP contribution in [-0.2, 0) is 0 Å². The molecule has 122 valence electrons. The largest absolute Gasteiger partial charge is 0.496 e. The van der Waals surface area contributed by atoms with Crippen molar-refractivity contribution in [2.24, 2.45) is 4.99 Å². The van der Waals surface area contributed by atoms with E-state index >= 15 is 0 Å². The number of methoxy groups -OCH3 is 1. The minimum atomic E-state index is 0.293. The smallest absolute Gasteiger partial charge is 0.190 e. The van der Waals surface area contributed by atoms with Crippen LogP contribution in [-0.4, -0.2) is 51.7 Å². The van der Waals surface area contributed by atoms with Gasteiger partial charge in [0.2, 0.25) is 0 Å². The van der Waals surface area contributed by atoms with Crippen LogP contribution in [0.4, 0.5) is 0 Å². The van der Waals surface area contributed by atoms with E-state index in [1.54, 1.807) is 14.2 Å². The Hall–Kier alpha value is -1.75. The first kappa shape index (κ1) is 16.6. The lowest BCUT2D eigenvalue weighted by Gasteiger charge is -2.35. The van der Waals surface area contributed by atoms with Crippen molar-refractivity contribution >= 4 is 5.96 Å². The van der Waals surface area contributed by atoms with Gasteiger partial charge in [-0.3, -0.25) is 9.89 Å². The molecule has 1 unspecified atom stereocenters. The molecule has 0 amide bonds. The van der Waals surface area contributed by atoms with E-state index in [2.05, 4.69) is 32.7 Å². The number of hydrogen-bond donors (Lipinski definition) is 2. The molecule has 1 atom stereocenters. The zero-order chi connectivity index (χ0) is 15.8. The Labute approximate surface area is 133 Å². The van der Waals surface area contributed by atoms with Crippen LogP contribution in [0.25, 0.3) is 0 Å². The van der Waals surface area contributed by atoms with Gasteiger partial charge in [0.05, 0.1) is 13.2 Å². The van der Waals surface area contributed by atoms with Crippen molar-refractivity contribution in [3.63, 3.8) is 0 Å². The second-order valence-electron chi connectivity index (χ2n) is 5.56. The van der Waals surface area contributed by atoms with Gasteiger partial charge in [-0.05, 0) is 32.0 Å². The van der Waals surface area contributed by atoms with E-state index in [9.17, 15) is 0 Å². The van der Waals surface area contributed by atoms with Crippen molar-refractivity contribution in [1.29, 1.82) is 0 Å². The maximum absolute atomic E-state index is 5.58. The van der Waals surface area contributed by atoms with Crippen LogP contribution in [0.3, 0.4) is 0 Å². The lowest BCUT2D eigenvalue weighted by molar-refractivity contribution is 0.161. The van der Waals surface area contributed by atoms with Crippen LogP contribution in [0.5, 0.6) is 5.75 Å². The summed E-state index contributed by atoms with van der Waals surface area (Å²) in [4.78, 5) is 6.76. The Morgan fingerprint density at radius 2 is 2.00 bits per heavy atom. The molecule has 5 nitrogen and oxygen atoms in total. The van der Waals surface area contributed by atoms with E-state index in [0.29, 0.717) is 6.04 Å². The fraction of sp³-hybridized carbons (Fsp3) is 0.588. The number of benzene rings is 1. The lowest BCUT2D eigenvalue weighted by atomic mass is 10.0. The van der Waals surface area contributed by atoms with Gasteiger partial charge in [-0.1, -0.05) is 24.6 Å². The van der Waals surface area contributed by atoms with Crippen molar-refractivity contribution in [1.82, 2.24) is 15.5 Å². The number of nitrogens with one attached hydrogen (secondary N) is 2. The molecule has 5 heteroatoms. The van der Waals surface area contributed by atoms with Gasteiger partial charge in [0.1, 0.15) is 5.75 Å². The molecule has 1 fully saturated rings. The lowest BCUT2D eigenvalue weighted by Crippen LogP contribution is -2.43. The van der Waals surface area contributed by atoms with Crippen LogP contribution in [0.15, 0.2) is 29.3 Å². The molecule has 2 N–H and O–H groups in total. The molecule has 0 radical (unpaired) electrons. The Bertz CT molecular complexity index is 483. The molecule has 0 saturated carbocycles. The fourth-order valence-electron chi connectivity index (χ4n) is 3.08. The third kappa shape index (κ3) is 4.13. The molecule has 1 aliphatic rings. The van der Waals surface area contributed by atoms with E-state index in [0.717, 1.165) is 31.3 Å². The molecular formula is C17H28N4O. The Balaban J connectivity index is 2.20. The summed E-state index contributed by atoms with van der Waals surface area (Å²) >= 11 is 0. The molecular weight excluding hydrogens is 276 g/mol. The number of aliphatic imine (C=N–C) groups is 1. The van der Waals surface area contributed by atoms with Gasteiger partial charge in [-0.15, -0.1) is 0 Å². The number of rotatable bonds is 5. The Morgan fingerprint density at radius 3 is 2.64 bits per heavy atom. The number of nitrogens with zero attached hydrogens (tertiary/aromatic N) is 2. The average molecular weight is 304 g/mol. The molecule has 2 rings (SSSR count). The van der Waals surface area contributed by atoms with Crippen LogP contribution in [0, 0.1) is 0 Å². The molecule has 0 bridgehead atoms. The number of para-hydroxylation sites is 1. The van der Waals surface area contributed by atoms with Gasteiger partial charge in [0, 0.05) is 26.2 Å². The summed E-state index contributed by atoms with van der Waals surface area (Å²) in [7, 11) is 5.41. The first-order valence-electron chi connectivity index (χ1n) is 8.05. The number of guanidine groups is 1. The number of hydrogen-bond acceptors (Lipinski definition) is 3. The third-order valence-electron chi connectivity index (χ3n) is 4.25. The molecule has 0 spiro atoms. The second-order valence-corrected chi connectivity index (χ2v) is 5.56. The monoisotopic (exact) mass is 304 g/mol. The topological polar surface area (TPSA) is 48.9 Å². The molecule has 1 saturated heterocycles. The molecule has 1 heterocycles. The zero-order valence-electron chi connectivity index (χ0n) is 13.9. The third-order valence-corrected chi connectivity index (χ3v) is 4.25. The van der Waals surface area contributed by atoms with Crippen molar-refractivity contribution in [2.75, 3.05) is 40.8 Å². The van der Waals surface area contributed by atoms with Crippen molar-refractivity contribution < 1.29 is 4.74 Å². The number of likely N-dealkylation sites (tertiary alicyclic amines) is 1. The van der Waals surface area contributed by atoms with E-state index < -0.39 is 0 Å². The average Bonchev–Trinajstić information content (AvgIpc) is 2.60. The fourth-order valence-corrected chi connectivity index (χ4v) is 3.08. The molecule has 22 heavy (non-hydrogen) atoms. The standard InChI is InChI=1S/C17H28N4O/c1-18-17(19-2)20-13-15(21-11-7-4-8-12-21)14-9-5-6-10-16(14)22-3/h5-6,9-10,15H,4,7-8,11-13H2,1-3H3,(H2,18,19,20). The number of piperidine rings is 1. The summed E-state index contributed by atoms with van der Waals surface area (Å²) in [6.07, 6.45) is 3.87. The highest BCUT2D eigenvalue weighted by molar-refractivity contribution is 5.79. The van der Waals surface area contributed by atoms with Crippen molar-refractivity contribution in [3.05, 3.63) is 29.8 Å². The summed E-state index contributed by atoms with van der Waals surface area (Å²) in [5, 5.41) is 6.49. The maximum atomic E-state index is 5.58. The Morgan fingerprint density at radius 1 is 1.27 bits per heavy atom. The van der Waals surface area contributed by atoms with E-state index in [1.165, 1.54) is 24.8 Å². The highest BCUT2D eigenvalue weighted by atomic mass is 16.5. The van der Waals surface area contributed by atoms with Gasteiger partial charge in [0.15, 0.2) is 5.96 Å². The van der Waals surface area contributed by atoms with Crippen LogP contribution in [0.2, 0.25) is 0 Å². The first-order chi connectivity index (χ1) is 10.8. The SMILES string of the molecule is CN=C(NC)NCC(c1ccccc1OC)N1CCCCC1. The van der Waals surface area contributed by atoms with E-state index in [4.69, 9.17) is 4.74 Å². The number of ether oxygens (including phenoxy) is 1. The predicted octanol–water partition coefficient (Wildman–Crippen LogP) is 2.02. The van der Waals surface area contributed by atoms with E-state index in [-0.39, 0.29) is 0 Å². The highest BCUT2D eigenvalue weighted by Crippen LogP contribution is 2.30. The van der Waals surface area contributed by atoms with Crippen LogP contribution >= 0.6 is 0 Å². The van der Waals surface area contributed by atoms with Crippen molar-refractivity contribution in [3.8, 4) is 5.75 Å². The van der Waals surface area contributed by atoms with Gasteiger partial charge in [0.25, 0.3) is 0 Å². The second kappa shape index (κ2) is 8.63.